The van der Waals surface area contributed by atoms with Gasteiger partial charge in [0.25, 0.3) is 0 Å². The molecule has 0 radical (unpaired) electrons. The van der Waals surface area contributed by atoms with Gasteiger partial charge in [0.05, 0.1) is 11.3 Å². The lowest BCUT2D eigenvalue weighted by Crippen LogP contribution is -2.31. The highest BCUT2D eigenvalue weighted by Crippen LogP contribution is 2.32. The van der Waals surface area contributed by atoms with Gasteiger partial charge in [0.1, 0.15) is 0 Å². The van der Waals surface area contributed by atoms with Crippen LogP contribution in [0.3, 0.4) is 0 Å². The van der Waals surface area contributed by atoms with Crippen LogP contribution in [-0.2, 0) is 25.7 Å². The Morgan fingerprint density at radius 3 is 2.86 bits per heavy atom. The molecule has 116 valence electrons. The molecule has 2 aromatic heterocycles. The Bertz CT molecular complexity index is 686. The summed E-state index contributed by atoms with van der Waals surface area (Å²) in [6.45, 7) is 1.31. The Morgan fingerprint density at radius 2 is 2.09 bits per heavy atom. The van der Waals surface area contributed by atoms with Crippen molar-refractivity contribution in [2.24, 2.45) is 0 Å². The van der Waals surface area contributed by atoms with E-state index in [1.165, 1.54) is 6.20 Å². The van der Waals surface area contributed by atoms with Crippen molar-refractivity contribution in [3.63, 3.8) is 0 Å². The van der Waals surface area contributed by atoms with Crippen LogP contribution >= 0.6 is 0 Å². The van der Waals surface area contributed by atoms with E-state index in [9.17, 15) is 13.2 Å². The maximum atomic E-state index is 13.0. The van der Waals surface area contributed by atoms with Crippen LogP contribution in [0.4, 0.5) is 19.1 Å². The molecule has 0 unspecified atom stereocenters. The van der Waals surface area contributed by atoms with Crippen molar-refractivity contribution in [2.45, 2.75) is 25.7 Å². The Morgan fingerprint density at radius 1 is 1.27 bits per heavy atom. The van der Waals surface area contributed by atoms with Crippen LogP contribution in [0.2, 0.25) is 0 Å². The number of nitrogens with two attached hydrogens (primary N) is 1. The first-order chi connectivity index (χ1) is 10.4. The molecule has 0 aromatic carbocycles. The molecule has 3 rings (SSSR count). The van der Waals surface area contributed by atoms with Gasteiger partial charge in [-0.1, -0.05) is 0 Å². The molecule has 2 aromatic rings. The Hall–Kier alpha value is -2.22. The van der Waals surface area contributed by atoms with Crippen molar-refractivity contribution >= 4 is 5.95 Å². The minimum Gasteiger partial charge on any atom is -0.368 e. The second-order valence-electron chi connectivity index (χ2n) is 5.19. The van der Waals surface area contributed by atoms with Crippen molar-refractivity contribution in [3.8, 4) is 0 Å². The first-order valence-corrected chi connectivity index (χ1v) is 6.76. The van der Waals surface area contributed by atoms with Gasteiger partial charge in [-0.2, -0.15) is 13.2 Å². The average Bonchev–Trinajstić information content (AvgIpc) is 2.47. The third-order valence-corrected chi connectivity index (χ3v) is 3.63. The first kappa shape index (κ1) is 14.7. The van der Waals surface area contributed by atoms with Gasteiger partial charge in [-0.15, -0.1) is 0 Å². The summed E-state index contributed by atoms with van der Waals surface area (Å²) < 4.78 is 39.0. The fourth-order valence-electron chi connectivity index (χ4n) is 2.60. The van der Waals surface area contributed by atoms with Gasteiger partial charge in [-0.05, 0) is 11.6 Å². The average molecular weight is 309 g/mol. The SMILES string of the molecule is Nc1ncc2c(n1)CCN(Cc1cnccc1C(F)(F)F)C2. The molecule has 8 heteroatoms. The summed E-state index contributed by atoms with van der Waals surface area (Å²) in [6.07, 6.45) is 0.344. The normalized spacial score (nSPS) is 15.6. The Labute approximate surface area is 125 Å². The highest BCUT2D eigenvalue weighted by Gasteiger charge is 2.33. The molecule has 3 heterocycles. The molecule has 0 fully saturated rings. The van der Waals surface area contributed by atoms with Crippen LogP contribution in [0.15, 0.2) is 24.7 Å². The van der Waals surface area contributed by atoms with Gasteiger partial charge in [-0.3, -0.25) is 9.88 Å². The maximum absolute atomic E-state index is 13.0. The molecule has 0 saturated carbocycles. The number of anilines is 1. The molecule has 5 nitrogen and oxygen atoms in total. The molecule has 0 bridgehead atoms. The van der Waals surface area contributed by atoms with Crippen LogP contribution in [0, 0.1) is 0 Å². The van der Waals surface area contributed by atoms with E-state index in [1.807, 2.05) is 4.90 Å². The molecule has 1 aliphatic heterocycles. The van der Waals surface area contributed by atoms with Crippen molar-refractivity contribution in [3.05, 3.63) is 47.0 Å². The van der Waals surface area contributed by atoms with Crippen LogP contribution in [-0.4, -0.2) is 26.4 Å². The van der Waals surface area contributed by atoms with E-state index in [1.54, 1.807) is 6.20 Å². The summed E-state index contributed by atoms with van der Waals surface area (Å²) in [5, 5.41) is 0. The lowest BCUT2D eigenvalue weighted by molar-refractivity contribution is -0.138. The second-order valence-corrected chi connectivity index (χ2v) is 5.19. The number of nitrogens with zero attached hydrogens (tertiary/aromatic N) is 4. The number of halogens is 3. The standard InChI is InChI=1S/C14H14F3N5/c15-14(16,17)11-1-3-19-5-9(11)7-22-4-2-12-10(8-22)6-20-13(18)21-12/h1,3,5-6H,2,4,7-8H2,(H2,18,20,21). The van der Waals surface area contributed by atoms with E-state index in [4.69, 9.17) is 5.73 Å². The van der Waals surface area contributed by atoms with E-state index < -0.39 is 11.7 Å². The van der Waals surface area contributed by atoms with E-state index in [-0.39, 0.29) is 18.1 Å². The number of hydrogen-bond acceptors (Lipinski definition) is 5. The molecule has 0 atom stereocenters. The number of alkyl halides is 3. The molecular weight excluding hydrogens is 295 g/mol. The fraction of sp³-hybridized carbons (Fsp3) is 0.357. The minimum atomic E-state index is -4.37. The third kappa shape index (κ3) is 3.01. The highest BCUT2D eigenvalue weighted by molar-refractivity contribution is 5.29. The zero-order valence-electron chi connectivity index (χ0n) is 11.6. The molecule has 0 aliphatic carbocycles. The number of pyridine rings is 1. The van der Waals surface area contributed by atoms with Crippen molar-refractivity contribution < 1.29 is 13.2 Å². The summed E-state index contributed by atoms with van der Waals surface area (Å²) in [6, 6.07) is 1.01. The number of nitrogen functional groups attached to an aromatic ring is 1. The van der Waals surface area contributed by atoms with Gasteiger partial charge in [0.15, 0.2) is 0 Å². The zero-order chi connectivity index (χ0) is 15.7. The van der Waals surface area contributed by atoms with Crippen LogP contribution in [0.1, 0.15) is 22.4 Å². The number of fused-ring (bicyclic) bond motifs is 1. The summed E-state index contributed by atoms with van der Waals surface area (Å²) in [4.78, 5) is 13.8. The molecule has 0 spiro atoms. The molecule has 0 amide bonds. The quantitative estimate of drug-likeness (QED) is 0.919. The van der Waals surface area contributed by atoms with E-state index in [0.29, 0.717) is 19.5 Å². The molecule has 22 heavy (non-hydrogen) atoms. The minimum absolute atomic E-state index is 0.176. The van der Waals surface area contributed by atoms with Crippen molar-refractivity contribution in [1.82, 2.24) is 19.9 Å². The molecule has 2 N–H and O–H groups in total. The molecule has 1 aliphatic rings. The monoisotopic (exact) mass is 309 g/mol. The van der Waals surface area contributed by atoms with Gasteiger partial charge < -0.3 is 5.73 Å². The third-order valence-electron chi connectivity index (χ3n) is 3.63. The predicted molar refractivity (Wildman–Crippen MR) is 73.5 cm³/mol. The Balaban J connectivity index is 1.80. The number of rotatable bonds is 2. The molecule has 0 saturated heterocycles. The Kier molecular flexibility index (Phi) is 3.69. The van der Waals surface area contributed by atoms with E-state index in [0.717, 1.165) is 23.5 Å². The van der Waals surface area contributed by atoms with Crippen molar-refractivity contribution in [2.75, 3.05) is 12.3 Å². The van der Waals surface area contributed by atoms with Crippen LogP contribution in [0.5, 0.6) is 0 Å². The lowest BCUT2D eigenvalue weighted by atomic mass is 10.0. The van der Waals surface area contributed by atoms with Crippen molar-refractivity contribution in [1.29, 1.82) is 0 Å². The first-order valence-electron chi connectivity index (χ1n) is 6.76. The summed E-state index contributed by atoms with van der Waals surface area (Å²) in [7, 11) is 0. The van der Waals surface area contributed by atoms with Crippen LogP contribution < -0.4 is 5.73 Å². The summed E-state index contributed by atoms with van der Waals surface area (Å²) >= 11 is 0. The highest BCUT2D eigenvalue weighted by atomic mass is 19.4. The second kappa shape index (κ2) is 5.53. The zero-order valence-corrected chi connectivity index (χ0v) is 11.6. The fourth-order valence-corrected chi connectivity index (χ4v) is 2.60. The van der Waals surface area contributed by atoms with E-state index >= 15 is 0 Å². The summed E-state index contributed by atoms with van der Waals surface area (Å²) in [5.41, 5.74) is 6.84. The number of hydrogen-bond donors (Lipinski definition) is 1. The summed E-state index contributed by atoms with van der Waals surface area (Å²) in [5.74, 6) is 0.221. The smallest absolute Gasteiger partial charge is 0.368 e. The van der Waals surface area contributed by atoms with Gasteiger partial charge in [-0.25, -0.2) is 9.97 Å². The topological polar surface area (TPSA) is 67.9 Å². The predicted octanol–water partition coefficient (Wildman–Crippen LogP) is 2.03. The molecular formula is C14H14F3N5. The van der Waals surface area contributed by atoms with Gasteiger partial charge in [0, 0.05) is 50.2 Å². The van der Waals surface area contributed by atoms with Gasteiger partial charge >= 0.3 is 6.18 Å². The van der Waals surface area contributed by atoms with Gasteiger partial charge in [0.2, 0.25) is 5.95 Å². The lowest BCUT2D eigenvalue weighted by Gasteiger charge is -2.28. The van der Waals surface area contributed by atoms with Crippen LogP contribution in [0.25, 0.3) is 0 Å². The maximum Gasteiger partial charge on any atom is 0.416 e. The van der Waals surface area contributed by atoms with E-state index in [2.05, 4.69) is 15.0 Å². The number of aromatic nitrogens is 3. The largest absolute Gasteiger partial charge is 0.416 e.